The van der Waals surface area contributed by atoms with Crippen molar-refractivity contribution < 1.29 is 13.9 Å². The zero-order valence-corrected chi connectivity index (χ0v) is 18.3. The molecule has 2 heterocycles. The number of nitrogens with zero attached hydrogens (tertiary/aromatic N) is 3. The average molecular weight is 422 g/mol. The van der Waals surface area contributed by atoms with Gasteiger partial charge in [0.25, 0.3) is 5.91 Å². The number of aromatic nitrogens is 1. The van der Waals surface area contributed by atoms with Crippen LogP contribution in [0.2, 0.25) is 0 Å². The third-order valence-corrected chi connectivity index (χ3v) is 5.71. The van der Waals surface area contributed by atoms with Gasteiger partial charge in [-0.15, -0.1) is 0 Å². The number of hydrogen-bond donors (Lipinski definition) is 0. The largest absolute Gasteiger partial charge is 0.376 e. The van der Waals surface area contributed by atoms with E-state index in [9.17, 15) is 9.18 Å². The van der Waals surface area contributed by atoms with Gasteiger partial charge in [0.1, 0.15) is 11.6 Å². The highest BCUT2D eigenvalue weighted by Crippen LogP contribution is 2.27. The average Bonchev–Trinajstić information content (AvgIpc) is 3.26. The highest BCUT2D eigenvalue weighted by atomic mass is 19.1. The van der Waals surface area contributed by atoms with Crippen LogP contribution in [-0.4, -0.2) is 49.1 Å². The summed E-state index contributed by atoms with van der Waals surface area (Å²) in [6.45, 7) is 3.68. The van der Waals surface area contributed by atoms with Crippen LogP contribution in [0, 0.1) is 12.7 Å². The highest BCUT2D eigenvalue weighted by Gasteiger charge is 2.25. The van der Waals surface area contributed by atoms with Crippen molar-refractivity contribution in [3.63, 3.8) is 0 Å². The minimum Gasteiger partial charge on any atom is -0.376 e. The second-order valence-corrected chi connectivity index (χ2v) is 8.34. The monoisotopic (exact) mass is 421 g/mol. The summed E-state index contributed by atoms with van der Waals surface area (Å²) in [4.78, 5) is 22.1. The molecule has 4 rings (SSSR count). The molecule has 1 aromatic heterocycles. The summed E-state index contributed by atoms with van der Waals surface area (Å²) >= 11 is 0. The molecule has 1 aliphatic heterocycles. The van der Waals surface area contributed by atoms with E-state index in [0.717, 1.165) is 47.3 Å². The quantitative estimate of drug-likeness (QED) is 0.585. The molecule has 0 spiro atoms. The lowest BCUT2D eigenvalue weighted by Crippen LogP contribution is -2.37. The van der Waals surface area contributed by atoms with E-state index in [-0.39, 0.29) is 17.8 Å². The number of hydrogen-bond acceptors (Lipinski definition) is 4. The fourth-order valence-corrected chi connectivity index (χ4v) is 4.12. The van der Waals surface area contributed by atoms with Crippen LogP contribution in [0.3, 0.4) is 0 Å². The molecule has 1 atom stereocenters. The van der Waals surface area contributed by atoms with E-state index in [1.165, 1.54) is 24.3 Å². The SMILES string of the molecule is Cc1cccc2cc(CN(CC3CCCO3)C(=O)c3ccc(F)cc3)c(N(C)C)nc12. The molecule has 3 aromatic rings. The number of halogens is 1. The number of anilines is 1. The van der Waals surface area contributed by atoms with Gasteiger partial charge in [0.15, 0.2) is 0 Å². The van der Waals surface area contributed by atoms with Gasteiger partial charge in [-0.25, -0.2) is 9.37 Å². The van der Waals surface area contributed by atoms with Crippen molar-refractivity contribution >= 4 is 22.6 Å². The van der Waals surface area contributed by atoms with Crippen molar-refractivity contribution in [2.24, 2.45) is 0 Å². The Morgan fingerprint density at radius 1 is 1.19 bits per heavy atom. The number of amides is 1. The van der Waals surface area contributed by atoms with E-state index in [1.54, 1.807) is 4.90 Å². The van der Waals surface area contributed by atoms with Gasteiger partial charge in [-0.05, 0) is 55.7 Å². The first kappa shape index (κ1) is 21.2. The number of ether oxygens (including phenoxy) is 1. The van der Waals surface area contributed by atoms with E-state index in [2.05, 4.69) is 19.1 Å². The van der Waals surface area contributed by atoms with E-state index in [4.69, 9.17) is 9.72 Å². The second kappa shape index (κ2) is 9.02. The second-order valence-electron chi connectivity index (χ2n) is 8.34. The molecule has 1 aliphatic rings. The van der Waals surface area contributed by atoms with Gasteiger partial charge >= 0.3 is 0 Å². The minimum atomic E-state index is -0.355. The van der Waals surface area contributed by atoms with Gasteiger partial charge in [0.05, 0.1) is 11.6 Å². The van der Waals surface area contributed by atoms with E-state index in [0.29, 0.717) is 18.7 Å². The Bertz CT molecular complexity index is 1080. The van der Waals surface area contributed by atoms with Crippen molar-refractivity contribution in [2.45, 2.75) is 32.4 Å². The van der Waals surface area contributed by atoms with Crippen LogP contribution in [-0.2, 0) is 11.3 Å². The van der Waals surface area contributed by atoms with E-state index >= 15 is 0 Å². The van der Waals surface area contributed by atoms with Crippen molar-refractivity contribution in [3.05, 3.63) is 71.0 Å². The lowest BCUT2D eigenvalue weighted by Gasteiger charge is -2.28. The predicted molar refractivity (Wildman–Crippen MR) is 121 cm³/mol. The van der Waals surface area contributed by atoms with Gasteiger partial charge in [-0.3, -0.25) is 4.79 Å². The molecule has 162 valence electrons. The summed E-state index contributed by atoms with van der Waals surface area (Å²) in [5, 5.41) is 1.05. The van der Waals surface area contributed by atoms with Crippen molar-refractivity contribution in [3.8, 4) is 0 Å². The molecule has 1 unspecified atom stereocenters. The molecule has 31 heavy (non-hydrogen) atoms. The highest BCUT2D eigenvalue weighted by molar-refractivity contribution is 5.94. The molecular formula is C25H28FN3O2. The van der Waals surface area contributed by atoms with E-state index in [1.807, 2.05) is 31.1 Å². The number of rotatable bonds is 6. The van der Waals surface area contributed by atoms with Crippen LogP contribution < -0.4 is 4.90 Å². The number of para-hydroxylation sites is 1. The topological polar surface area (TPSA) is 45.7 Å². The first-order valence-electron chi connectivity index (χ1n) is 10.7. The number of pyridine rings is 1. The van der Waals surface area contributed by atoms with Crippen LogP contribution in [0.5, 0.6) is 0 Å². The number of carbonyl (C=O) groups is 1. The molecule has 0 radical (unpaired) electrons. The predicted octanol–water partition coefficient (Wildman–Crippen LogP) is 4.57. The van der Waals surface area contributed by atoms with Gasteiger partial charge in [0, 0.05) is 50.3 Å². The lowest BCUT2D eigenvalue weighted by atomic mass is 10.1. The molecule has 0 saturated carbocycles. The number of benzene rings is 2. The normalized spacial score (nSPS) is 15.9. The van der Waals surface area contributed by atoms with Crippen LogP contribution in [0.15, 0.2) is 48.5 Å². The fraction of sp³-hybridized carbons (Fsp3) is 0.360. The van der Waals surface area contributed by atoms with Crippen LogP contribution >= 0.6 is 0 Å². The maximum Gasteiger partial charge on any atom is 0.254 e. The minimum absolute atomic E-state index is 0.0165. The Morgan fingerprint density at radius 2 is 1.97 bits per heavy atom. The Labute approximate surface area is 182 Å². The van der Waals surface area contributed by atoms with Gasteiger partial charge in [0.2, 0.25) is 0 Å². The third-order valence-electron chi connectivity index (χ3n) is 5.71. The van der Waals surface area contributed by atoms with E-state index < -0.39 is 0 Å². The smallest absolute Gasteiger partial charge is 0.254 e. The molecular weight excluding hydrogens is 393 g/mol. The lowest BCUT2D eigenvalue weighted by molar-refractivity contribution is 0.0507. The first-order valence-corrected chi connectivity index (χ1v) is 10.7. The molecule has 1 amide bonds. The summed E-state index contributed by atoms with van der Waals surface area (Å²) < 4.78 is 19.2. The Hall–Kier alpha value is -2.99. The molecule has 6 heteroatoms. The standard InChI is InChI=1S/C25H28FN3O2/c1-17-6-4-7-19-14-20(24(28(2)3)27-23(17)19)15-29(16-22-8-5-13-31-22)25(30)18-9-11-21(26)12-10-18/h4,6-7,9-12,14,22H,5,8,13,15-16H2,1-3H3. The maximum absolute atomic E-state index is 13.4. The van der Waals surface area contributed by atoms with Crippen molar-refractivity contribution in [1.82, 2.24) is 9.88 Å². The summed E-state index contributed by atoms with van der Waals surface area (Å²) in [5.41, 5.74) is 3.52. The number of carbonyl (C=O) groups excluding carboxylic acids is 1. The Balaban J connectivity index is 1.71. The van der Waals surface area contributed by atoms with Gasteiger partial charge < -0.3 is 14.5 Å². The molecule has 0 bridgehead atoms. The zero-order valence-electron chi connectivity index (χ0n) is 18.3. The summed E-state index contributed by atoms with van der Waals surface area (Å²) in [5.74, 6) is 0.349. The van der Waals surface area contributed by atoms with Crippen molar-refractivity contribution in [2.75, 3.05) is 32.1 Å². The molecule has 1 fully saturated rings. The molecule has 0 aliphatic carbocycles. The van der Waals surface area contributed by atoms with Crippen molar-refractivity contribution in [1.29, 1.82) is 0 Å². The number of aryl methyl sites for hydroxylation is 1. The maximum atomic E-state index is 13.4. The van der Waals surface area contributed by atoms with Crippen LogP contribution in [0.1, 0.15) is 34.3 Å². The van der Waals surface area contributed by atoms with Crippen LogP contribution in [0.25, 0.3) is 10.9 Å². The Morgan fingerprint density at radius 3 is 2.65 bits per heavy atom. The fourth-order valence-electron chi connectivity index (χ4n) is 4.12. The molecule has 0 N–H and O–H groups in total. The van der Waals surface area contributed by atoms with Crippen LogP contribution in [0.4, 0.5) is 10.2 Å². The summed E-state index contributed by atoms with van der Waals surface area (Å²) in [6.07, 6.45) is 1.95. The Kier molecular flexibility index (Phi) is 6.18. The number of fused-ring (bicyclic) bond motifs is 1. The molecule has 5 nitrogen and oxygen atoms in total. The molecule has 2 aromatic carbocycles. The van der Waals surface area contributed by atoms with Gasteiger partial charge in [-0.1, -0.05) is 18.2 Å². The summed E-state index contributed by atoms with van der Waals surface area (Å²) in [7, 11) is 3.92. The van der Waals surface area contributed by atoms with Gasteiger partial charge in [-0.2, -0.15) is 0 Å². The summed E-state index contributed by atoms with van der Waals surface area (Å²) in [6, 6.07) is 14.0. The third kappa shape index (κ3) is 4.69. The molecule has 1 saturated heterocycles. The first-order chi connectivity index (χ1) is 14.9. The zero-order chi connectivity index (χ0) is 22.0.